The summed E-state index contributed by atoms with van der Waals surface area (Å²) >= 11 is 0. The van der Waals surface area contributed by atoms with Crippen LogP contribution in [0.5, 0.6) is 0 Å². The number of carbonyl (C=O) groups excluding carboxylic acids is 1. The summed E-state index contributed by atoms with van der Waals surface area (Å²) in [6.07, 6.45) is 11.2. The molecule has 1 spiro atoms. The summed E-state index contributed by atoms with van der Waals surface area (Å²) in [5.74, 6) is 0.932. The van der Waals surface area contributed by atoms with Crippen molar-refractivity contribution in [3.8, 4) is 0 Å². The van der Waals surface area contributed by atoms with E-state index in [0.717, 1.165) is 12.8 Å². The molecular formula is C16H28N2O. The first-order valence-corrected chi connectivity index (χ1v) is 8.24. The molecule has 3 nitrogen and oxygen atoms in total. The van der Waals surface area contributed by atoms with Gasteiger partial charge in [-0.2, -0.15) is 0 Å². The third-order valence-electron chi connectivity index (χ3n) is 5.42. The fraction of sp³-hybridized carbons (Fsp3) is 0.938. The van der Waals surface area contributed by atoms with Crippen LogP contribution in [0.25, 0.3) is 0 Å². The maximum absolute atomic E-state index is 13.0. The summed E-state index contributed by atoms with van der Waals surface area (Å²) in [5.41, 5.74) is -0.188. The van der Waals surface area contributed by atoms with E-state index in [2.05, 4.69) is 24.1 Å². The molecule has 0 aromatic carbocycles. The molecule has 3 aliphatic rings. The Balaban J connectivity index is 1.84. The lowest BCUT2D eigenvalue weighted by Crippen LogP contribution is -2.48. The monoisotopic (exact) mass is 264 g/mol. The lowest BCUT2D eigenvalue weighted by atomic mass is 9.92. The van der Waals surface area contributed by atoms with Crippen LogP contribution in [-0.4, -0.2) is 28.6 Å². The minimum Gasteiger partial charge on any atom is -0.322 e. The van der Waals surface area contributed by atoms with Gasteiger partial charge in [-0.15, -0.1) is 0 Å². The molecule has 1 N–H and O–H groups in total. The van der Waals surface area contributed by atoms with Gasteiger partial charge in [-0.1, -0.05) is 46.0 Å². The molecule has 3 heteroatoms. The molecule has 1 saturated heterocycles. The molecule has 0 bridgehead atoms. The van der Waals surface area contributed by atoms with Gasteiger partial charge < -0.3 is 4.90 Å². The molecule has 1 heterocycles. The smallest absolute Gasteiger partial charge is 0.244 e. The topological polar surface area (TPSA) is 32.3 Å². The van der Waals surface area contributed by atoms with Crippen molar-refractivity contribution in [3.63, 3.8) is 0 Å². The molecule has 1 amide bonds. The Morgan fingerprint density at radius 3 is 2.32 bits per heavy atom. The number of rotatable bonds is 2. The molecule has 0 aromatic heterocycles. The fourth-order valence-corrected chi connectivity index (χ4v) is 4.36. The van der Waals surface area contributed by atoms with Crippen LogP contribution < -0.4 is 5.32 Å². The van der Waals surface area contributed by atoms with Crippen molar-refractivity contribution in [3.05, 3.63) is 0 Å². The van der Waals surface area contributed by atoms with Crippen LogP contribution in [0.15, 0.2) is 0 Å². The summed E-state index contributed by atoms with van der Waals surface area (Å²) in [6.45, 7) is 4.49. The van der Waals surface area contributed by atoms with E-state index < -0.39 is 0 Å². The molecule has 1 atom stereocenters. The number of nitrogens with one attached hydrogen (secondary N) is 1. The second-order valence-corrected chi connectivity index (χ2v) is 7.13. The minimum atomic E-state index is -0.188. The third-order valence-corrected chi connectivity index (χ3v) is 5.42. The van der Waals surface area contributed by atoms with Gasteiger partial charge in [0.05, 0.1) is 11.7 Å². The van der Waals surface area contributed by atoms with Crippen molar-refractivity contribution >= 4 is 5.91 Å². The standard InChI is InChI=1S/C16H28N2O/c1-12(2)14-17-16(10-6-7-11-16)15(19)18(14)13-8-4-3-5-9-13/h12-14,17H,3-11H2,1-2H3. The molecule has 0 aromatic rings. The Morgan fingerprint density at radius 2 is 1.74 bits per heavy atom. The van der Waals surface area contributed by atoms with Gasteiger partial charge >= 0.3 is 0 Å². The van der Waals surface area contributed by atoms with Crippen molar-refractivity contribution < 1.29 is 4.79 Å². The predicted molar refractivity (Wildman–Crippen MR) is 76.7 cm³/mol. The Labute approximate surface area is 117 Å². The van der Waals surface area contributed by atoms with Crippen LogP contribution in [-0.2, 0) is 4.79 Å². The second-order valence-electron chi connectivity index (χ2n) is 7.13. The van der Waals surface area contributed by atoms with Gasteiger partial charge in [0.25, 0.3) is 0 Å². The zero-order valence-electron chi connectivity index (χ0n) is 12.5. The number of nitrogens with zero attached hydrogens (tertiary/aromatic N) is 1. The van der Waals surface area contributed by atoms with Crippen LogP contribution >= 0.6 is 0 Å². The number of carbonyl (C=O) groups is 1. The van der Waals surface area contributed by atoms with Gasteiger partial charge in [0.2, 0.25) is 5.91 Å². The fourth-order valence-electron chi connectivity index (χ4n) is 4.36. The summed E-state index contributed by atoms with van der Waals surface area (Å²) < 4.78 is 0. The Hall–Kier alpha value is -0.570. The van der Waals surface area contributed by atoms with Gasteiger partial charge in [-0.05, 0) is 31.6 Å². The van der Waals surface area contributed by atoms with Gasteiger partial charge in [-0.3, -0.25) is 10.1 Å². The van der Waals surface area contributed by atoms with Crippen molar-refractivity contribution in [2.45, 2.75) is 89.4 Å². The number of hydrogen-bond acceptors (Lipinski definition) is 2. The van der Waals surface area contributed by atoms with E-state index >= 15 is 0 Å². The summed E-state index contributed by atoms with van der Waals surface area (Å²) in [4.78, 5) is 15.3. The van der Waals surface area contributed by atoms with Crippen molar-refractivity contribution in [2.24, 2.45) is 5.92 Å². The molecule has 19 heavy (non-hydrogen) atoms. The summed E-state index contributed by atoms with van der Waals surface area (Å²) in [6, 6.07) is 0.501. The molecule has 1 aliphatic heterocycles. The highest BCUT2D eigenvalue weighted by Crippen LogP contribution is 2.40. The zero-order chi connectivity index (χ0) is 13.5. The lowest BCUT2D eigenvalue weighted by Gasteiger charge is -2.36. The summed E-state index contributed by atoms with van der Waals surface area (Å²) in [7, 11) is 0. The van der Waals surface area contributed by atoms with E-state index in [1.165, 1.54) is 44.9 Å². The Bertz CT molecular complexity index is 341. The third kappa shape index (κ3) is 2.20. The minimum absolute atomic E-state index is 0.188. The number of hydrogen-bond donors (Lipinski definition) is 1. The average molecular weight is 264 g/mol. The zero-order valence-corrected chi connectivity index (χ0v) is 12.5. The van der Waals surface area contributed by atoms with Gasteiger partial charge in [0.1, 0.15) is 0 Å². The Morgan fingerprint density at radius 1 is 1.11 bits per heavy atom. The maximum Gasteiger partial charge on any atom is 0.244 e. The van der Waals surface area contributed by atoms with E-state index in [9.17, 15) is 4.79 Å². The highest BCUT2D eigenvalue weighted by Gasteiger charge is 2.54. The molecule has 3 rings (SSSR count). The van der Waals surface area contributed by atoms with E-state index in [1.807, 2.05) is 0 Å². The normalized spacial score (nSPS) is 31.8. The molecule has 1 unspecified atom stereocenters. The maximum atomic E-state index is 13.0. The number of amides is 1. The van der Waals surface area contributed by atoms with E-state index in [-0.39, 0.29) is 11.7 Å². The van der Waals surface area contributed by atoms with Crippen LogP contribution in [0.3, 0.4) is 0 Å². The Kier molecular flexibility index (Phi) is 3.59. The van der Waals surface area contributed by atoms with Gasteiger partial charge in [0.15, 0.2) is 0 Å². The largest absolute Gasteiger partial charge is 0.322 e. The van der Waals surface area contributed by atoms with Crippen molar-refractivity contribution in [1.29, 1.82) is 0 Å². The van der Waals surface area contributed by atoms with Gasteiger partial charge in [0, 0.05) is 6.04 Å². The van der Waals surface area contributed by atoms with Gasteiger partial charge in [-0.25, -0.2) is 0 Å². The average Bonchev–Trinajstić information content (AvgIpc) is 2.99. The highest BCUT2D eigenvalue weighted by atomic mass is 16.2. The second kappa shape index (κ2) is 5.08. The molecule has 108 valence electrons. The molecule has 2 aliphatic carbocycles. The molecule has 0 radical (unpaired) electrons. The predicted octanol–water partition coefficient (Wildman–Crippen LogP) is 3.05. The van der Waals surface area contributed by atoms with E-state index in [4.69, 9.17) is 0 Å². The van der Waals surface area contributed by atoms with Crippen LogP contribution in [0.2, 0.25) is 0 Å². The van der Waals surface area contributed by atoms with Crippen molar-refractivity contribution in [2.75, 3.05) is 0 Å². The first-order chi connectivity index (χ1) is 9.14. The van der Waals surface area contributed by atoms with E-state index in [1.54, 1.807) is 0 Å². The van der Waals surface area contributed by atoms with Crippen LogP contribution in [0.4, 0.5) is 0 Å². The molecule has 3 fully saturated rings. The highest BCUT2D eigenvalue weighted by molar-refractivity contribution is 5.89. The molecule has 2 saturated carbocycles. The lowest BCUT2D eigenvalue weighted by molar-refractivity contribution is -0.136. The summed E-state index contributed by atoms with van der Waals surface area (Å²) in [5, 5.41) is 3.74. The van der Waals surface area contributed by atoms with Crippen molar-refractivity contribution in [1.82, 2.24) is 10.2 Å². The van der Waals surface area contributed by atoms with Crippen LogP contribution in [0.1, 0.15) is 71.6 Å². The first-order valence-electron chi connectivity index (χ1n) is 8.24. The first kappa shape index (κ1) is 13.4. The van der Waals surface area contributed by atoms with E-state index in [0.29, 0.717) is 17.9 Å². The SMILES string of the molecule is CC(C)C1NC2(CCCC2)C(=O)N1C1CCCCC1. The van der Waals surface area contributed by atoms with Crippen LogP contribution in [0, 0.1) is 5.92 Å². The molecular weight excluding hydrogens is 236 g/mol. The quantitative estimate of drug-likeness (QED) is 0.831.